The molecular formula is C15H20BrN3S. The molecule has 108 valence electrons. The van der Waals surface area contributed by atoms with Gasteiger partial charge in [-0.05, 0) is 61.5 Å². The van der Waals surface area contributed by atoms with Crippen molar-refractivity contribution in [1.29, 1.82) is 0 Å². The highest BCUT2D eigenvalue weighted by Crippen LogP contribution is 2.34. The minimum atomic E-state index is 0.0690. The minimum absolute atomic E-state index is 0.0690. The summed E-state index contributed by atoms with van der Waals surface area (Å²) in [7, 11) is 0. The molecular weight excluding hydrogens is 334 g/mol. The smallest absolute Gasteiger partial charge is 0.106 e. The van der Waals surface area contributed by atoms with Gasteiger partial charge < -0.3 is 10.3 Å². The van der Waals surface area contributed by atoms with Crippen LogP contribution in [0.5, 0.6) is 0 Å². The van der Waals surface area contributed by atoms with Gasteiger partial charge in [-0.15, -0.1) is 11.3 Å². The van der Waals surface area contributed by atoms with E-state index in [0.717, 1.165) is 23.1 Å². The number of hydrogen-bond donors (Lipinski definition) is 1. The number of thiophene rings is 1. The van der Waals surface area contributed by atoms with Crippen molar-refractivity contribution in [3.8, 4) is 0 Å². The lowest BCUT2D eigenvalue weighted by Gasteiger charge is -2.26. The first-order chi connectivity index (χ1) is 9.58. The Bertz CT molecular complexity index is 615. The second-order valence-corrected chi connectivity index (χ2v) is 7.46. The van der Waals surface area contributed by atoms with Crippen molar-refractivity contribution in [2.24, 2.45) is 5.73 Å². The molecule has 0 spiro atoms. The van der Waals surface area contributed by atoms with Crippen molar-refractivity contribution in [3.05, 3.63) is 38.0 Å². The van der Waals surface area contributed by atoms with Crippen molar-refractivity contribution in [1.82, 2.24) is 9.55 Å². The van der Waals surface area contributed by atoms with Crippen molar-refractivity contribution in [2.75, 3.05) is 0 Å². The summed E-state index contributed by atoms with van der Waals surface area (Å²) >= 11 is 5.32. The fourth-order valence-corrected chi connectivity index (χ4v) is 4.82. The predicted octanol–water partition coefficient (Wildman–Crippen LogP) is 3.83. The molecule has 0 fully saturated rings. The molecule has 2 atom stereocenters. The quantitative estimate of drug-likeness (QED) is 0.910. The third kappa shape index (κ3) is 2.47. The van der Waals surface area contributed by atoms with Crippen molar-refractivity contribution < 1.29 is 0 Å². The summed E-state index contributed by atoms with van der Waals surface area (Å²) < 4.78 is 3.52. The zero-order valence-electron chi connectivity index (χ0n) is 11.9. The van der Waals surface area contributed by atoms with E-state index in [4.69, 9.17) is 10.7 Å². The molecule has 2 N–H and O–H groups in total. The lowest BCUT2D eigenvalue weighted by atomic mass is 9.99. The number of rotatable bonds is 3. The fraction of sp³-hybridized carbons (Fsp3) is 0.533. The fourth-order valence-electron chi connectivity index (χ4n) is 3.17. The molecule has 0 radical (unpaired) electrons. The van der Waals surface area contributed by atoms with E-state index in [1.165, 1.54) is 29.1 Å². The number of aryl methyl sites for hydroxylation is 2. The number of hydrogen-bond acceptors (Lipinski definition) is 3. The van der Waals surface area contributed by atoms with E-state index in [9.17, 15) is 0 Å². The first-order valence-electron chi connectivity index (χ1n) is 7.14. The molecule has 20 heavy (non-hydrogen) atoms. The Balaban J connectivity index is 2.10. The van der Waals surface area contributed by atoms with Gasteiger partial charge in [-0.3, -0.25) is 0 Å². The van der Waals surface area contributed by atoms with Crippen LogP contribution in [0.4, 0.5) is 0 Å². The molecule has 2 aromatic rings. The maximum atomic E-state index is 6.31. The predicted molar refractivity (Wildman–Crippen MR) is 87.4 cm³/mol. The Hall–Kier alpha value is -0.650. The Labute approximate surface area is 132 Å². The average molecular weight is 354 g/mol. The van der Waals surface area contributed by atoms with Crippen LogP contribution in [0.3, 0.4) is 0 Å². The first-order valence-corrected chi connectivity index (χ1v) is 8.81. The van der Waals surface area contributed by atoms with Gasteiger partial charge in [-0.25, -0.2) is 4.98 Å². The van der Waals surface area contributed by atoms with Crippen LogP contribution in [0.15, 0.2) is 15.9 Å². The van der Waals surface area contributed by atoms with Crippen molar-refractivity contribution >= 4 is 27.3 Å². The van der Waals surface area contributed by atoms with Gasteiger partial charge >= 0.3 is 0 Å². The van der Waals surface area contributed by atoms with E-state index in [0.29, 0.717) is 0 Å². The largest absolute Gasteiger partial charge is 0.326 e. The second-order valence-electron chi connectivity index (χ2n) is 5.60. The van der Waals surface area contributed by atoms with Crippen LogP contribution in [0.1, 0.15) is 47.9 Å². The van der Waals surface area contributed by atoms with Crippen LogP contribution >= 0.6 is 27.3 Å². The highest BCUT2D eigenvalue weighted by atomic mass is 79.9. The molecule has 0 bridgehead atoms. The summed E-state index contributed by atoms with van der Waals surface area (Å²) in [5.41, 5.74) is 9.00. The van der Waals surface area contributed by atoms with Crippen LogP contribution in [-0.2, 0) is 12.8 Å². The molecule has 0 aromatic carbocycles. The summed E-state index contributed by atoms with van der Waals surface area (Å²) in [6.45, 7) is 4.20. The van der Waals surface area contributed by atoms with Gasteiger partial charge in [0.2, 0.25) is 0 Å². The zero-order valence-corrected chi connectivity index (χ0v) is 14.3. The van der Waals surface area contributed by atoms with E-state index < -0.39 is 0 Å². The van der Waals surface area contributed by atoms with Crippen LogP contribution in [0, 0.1) is 6.92 Å². The Morgan fingerprint density at radius 3 is 2.80 bits per heavy atom. The van der Waals surface area contributed by atoms with Gasteiger partial charge in [-0.2, -0.15) is 0 Å². The normalized spacial score (nSPS) is 17.8. The van der Waals surface area contributed by atoms with E-state index in [1.807, 2.05) is 0 Å². The summed E-state index contributed by atoms with van der Waals surface area (Å²) in [6, 6.07) is 2.45. The topological polar surface area (TPSA) is 43.8 Å². The molecule has 0 amide bonds. The molecule has 0 aliphatic heterocycles. The summed E-state index contributed by atoms with van der Waals surface area (Å²) in [5, 5.41) is 2.13. The third-order valence-corrected chi connectivity index (χ3v) is 5.77. The van der Waals surface area contributed by atoms with Gasteiger partial charge in [0.1, 0.15) is 5.82 Å². The standard InChI is InChI=1S/C15H20BrN3S/c1-9(17)15(14-7-11(16)8-20-14)19-10(2)18-12-5-3-4-6-13(12)19/h7-9,15H,3-6,17H2,1-2H3. The lowest BCUT2D eigenvalue weighted by molar-refractivity contribution is 0.471. The first kappa shape index (κ1) is 14.3. The number of imidazole rings is 1. The number of nitrogens with zero attached hydrogens (tertiary/aromatic N) is 2. The third-order valence-electron chi connectivity index (χ3n) is 4.00. The van der Waals surface area contributed by atoms with E-state index in [-0.39, 0.29) is 12.1 Å². The second kappa shape index (κ2) is 5.62. The van der Waals surface area contributed by atoms with Crippen LogP contribution in [0.2, 0.25) is 0 Å². The molecule has 0 saturated carbocycles. The number of aromatic nitrogens is 2. The molecule has 2 unspecified atom stereocenters. The molecule has 5 heteroatoms. The molecule has 0 saturated heterocycles. The van der Waals surface area contributed by atoms with E-state index in [1.54, 1.807) is 11.3 Å². The van der Waals surface area contributed by atoms with Gasteiger partial charge in [0, 0.05) is 26.5 Å². The number of halogens is 1. The van der Waals surface area contributed by atoms with Gasteiger partial charge in [0.05, 0.1) is 11.7 Å². The highest BCUT2D eigenvalue weighted by Gasteiger charge is 2.27. The average Bonchev–Trinajstić information content (AvgIpc) is 2.95. The number of fused-ring (bicyclic) bond motifs is 1. The minimum Gasteiger partial charge on any atom is -0.326 e. The molecule has 1 aliphatic rings. The Morgan fingerprint density at radius 2 is 2.15 bits per heavy atom. The van der Waals surface area contributed by atoms with E-state index >= 15 is 0 Å². The Morgan fingerprint density at radius 1 is 1.40 bits per heavy atom. The molecule has 1 aliphatic carbocycles. The van der Waals surface area contributed by atoms with Gasteiger partial charge in [-0.1, -0.05) is 0 Å². The monoisotopic (exact) mass is 353 g/mol. The molecule has 3 nitrogen and oxygen atoms in total. The molecule has 2 aromatic heterocycles. The van der Waals surface area contributed by atoms with Crippen LogP contribution < -0.4 is 5.73 Å². The summed E-state index contributed by atoms with van der Waals surface area (Å²) in [6.07, 6.45) is 4.77. The van der Waals surface area contributed by atoms with E-state index in [2.05, 4.69) is 45.8 Å². The summed E-state index contributed by atoms with van der Waals surface area (Å²) in [4.78, 5) is 6.09. The number of nitrogens with two attached hydrogens (primary N) is 1. The molecule has 2 heterocycles. The maximum absolute atomic E-state index is 6.31. The maximum Gasteiger partial charge on any atom is 0.106 e. The van der Waals surface area contributed by atoms with Crippen molar-refractivity contribution in [3.63, 3.8) is 0 Å². The Kier molecular flexibility index (Phi) is 4.02. The lowest BCUT2D eigenvalue weighted by Crippen LogP contribution is -2.31. The van der Waals surface area contributed by atoms with Gasteiger partial charge in [0.15, 0.2) is 0 Å². The highest BCUT2D eigenvalue weighted by molar-refractivity contribution is 9.10. The SMILES string of the molecule is Cc1nc2c(n1C(c1cc(Br)cs1)C(C)N)CCCC2. The zero-order chi connectivity index (χ0) is 14.3. The summed E-state index contributed by atoms with van der Waals surface area (Å²) in [5.74, 6) is 1.10. The van der Waals surface area contributed by atoms with Crippen LogP contribution in [0.25, 0.3) is 0 Å². The van der Waals surface area contributed by atoms with Gasteiger partial charge in [0.25, 0.3) is 0 Å². The molecule has 3 rings (SSSR count). The van der Waals surface area contributed by atoms with Crippen molar-refractivity contribution in [2.45, 2.75) is 51.6 Å². The van der Waals surface area contributed by atoms with Crippen LogP contribution in [-0.4, -0.2) is 15.6 Å².